The van der Waals surface area contributed by atoms with E-state index in [4.69, 9.17) is 11.5 Å². The van der Waals surface area contributed by atoms with Crippen molar-refractivity contribution in [2.45, 2.75) is 26.7 Å². The van der Waals surface area contributed by atoms with Gasteiger partial charge in [0.25, 0.3) is 0 Å². The van der Waals surface area contributed by atoms with E-state index in [-0.39, 0.29) is 18.4 Å². The van der Waals surface area contributed by atoms with Crippen LogP contribution in [0.15, 0.2) is 4.99 Å². The van der Waals surface area contributed by atoms with Crippen LogP contribution in [-0.4, -0.2) is 25.0 Å². The van der Waals surface area contributed by atoms with Gasteiger partial charge >= 0.3 is 0 Å². The van der Waals surface area contributed by atoms with Gasteiger partial charge in [-0.3, -0.25) is 4.79 Å². The number of aliphatic imine (C=N–C) groups is 1. The molecular weight excluding hydrogens is 180 g/mol. The van der Waals surface area contributed by atoms with Crippen LogP contribution in [0.2, 0.25) is 0 Å². The SMILES string of the molecule is CC(C)CCCNC(=O)CN=C(N)N. The molecule has 0 aliphatic rings. The van der Waals surface area contributed by atoms with Crippen molar-refractivity contribution >= 4 is 11.9 Å². The Bertz CT molecular complexity index is 197. The van der Waals surface area contributed by atoms with Crippen LogP contribution in [0.4, 0.5) is 0 Å². The predicted molar refractivity (Wildman–Crippen MR) is 57.8 cm³/mol. The van der Waals surface area contributed by atoms with Crippen LogP contribution in [0, 0.1) is 5.92 Å². The third-order valence-corrected chi connectivity index (χ3v) is 1.69. The van der Waals surface area contributed by atoms with E-state index in [1.807, 2.05) is 0 Å². The number of carbonyl (C=O) groups is 1. The molecule has 0 aliphatic heterocycles. The molecule has 0 spiro atoms. The molecule has 0 rings (SSSR count). The van der Waals surface area contributed by atoms with Crippen LogP contribution in [0.25, 0.3) is 0 Å². The van der Waals surface area contributed by atoms with Crippen LogP contribution < -0.4 is 16.8 Å². The summed E-state index contributed by atoms with van der Waals surface area (Å²) in [6.07, 6.45) is 2.10. The highest BCUT2D eigenvalue weighted by Crippen LogP contribution is 2.01. The maximum atomic E-state index is 11.1. The van der Waals surface area contributed by atoms with E-state index in [0.29, 0.717) is 12.5 Å². The standard InChI is InChI=1S/C9H20N4O/c1-7(2)4-3-5-12-8(14)6-13-9(10)11/h7H,3-6H2,1-2H3,(H,12,14)(H4,10,11,13). The first-order valence-electron chi connectivity index (χ1n) is 4.84. The van der Waals surface area contributed by atoms with Gasteiger partial charge in [0, 0.05) is 6.54 Å². The minimum Gasteiger partial charge on any atom is -0.370 e. The van der Waals surface area contributed by atoms with Gasteiger partial charge in [-0.1, -0.05) is 13.8 Å². The van der Waals surface area contributed by atoms with Gasteiger partial charge in [0.05, 0.1) is 0 Å². The molecule has 0 heterocycles. The second-order valence-corrected chi connectivity index (χ2v) is 3.63. The molecule has 0 aromatic rings. The van der Waals surface area contributed by atoms with Crippen LogP contribution in [0.3, 0.4) is 0 Å². The molecule has 0 atom stereocenters. The van der Waals surface area contributed by atoms with Crippen LogP contribution in [-0.2, 0) is 4.79 Å². The summed E-state index contributed by atoms with van der Waals surface area (Å²) in [5.74, 6) is 0.481. The second-order valence-electron chi connectivity index (χ2n) is 3.63. The van der Waals surface area contributed by atoms with E-state index in [1.54, 1.807) is 0 Å². The number of carbonyl (C=O) groups excluding carboxylic acids is 1. The van der Waals surface area contributed by atoms with Crippen LogP contribution in [0.1, 0.15) is 26.7 Å². The number of hydrogen-bond acceptors (Lipinski definition) is 2. The smallest absolute Gasteiger partial charge is 0.241 e. The zero-order chi connectivity index (χ0) is 11.0. The van der Waals surface area contributed by atoms with E-state index >= 15 is 0 Å². The highest BCUT2D eigenvalue weighted by molar-refractivity contribution is 5.82. The predicted octanol–water partition coefficient (Wildman–Crippen LogP) is -0.188. The zero-order valence-electron chi connectivity index (χ0n) is 8.92. The number of nitrogens with one attached hydrogen (secondary N) is 1. The van der Waals surface area contributed by atoms with Crippen molar-refractivity contribution in [2.75, 3.05) is 13.1 Å². The molecule has 82 valence electrons. The molecule has 0 aliphatic carbocycles. The Hall–Kier alpha value is -1.26. The fourth-order valence-corrected chi connectivity index (χ4v) is 0.957. The number of nitrogens with two attached hydrogens (primary N) is 2. The average Bonchev–Trinajstić information content (AvgIpc) is 2.08. The van der Waals surface area contributed by atoms with Crippen molar-refractivity contribution in [3.8, 4) is 0 Å². The Morgan fingerprint density at radius 2 is 2.07 bits per heavy atom. The molecule has 5 N–H and O–H groups in total. The molecule has 1 amide bonds. The highest BCUT2D eigenvalue weighted by Gasteiger charge is 1.99. The Labute approximate surface area is 84.9 Å². The maximum Gasteiger partial charge on any atom is 0.241 e. The highest BCUT2D eigenvalue weighted by atomic mass is 16.1. The third-order valence-electron chi connectivity index (χ3n) is 1.69. The Morgan fingerprint density at radius 1 is 1.43 bits per heavy atom. The second kappa shape index (κ2) is 7.17. The summed E-state index contributed by atoms with van der Waals surface area (Å²) in [6, 6.07) is 0. The van der Waals surface area contributed by atoms with E-state index in [2.05, 4.69) is 24.2 Å². The maximum absolute atomic E-state index is 11.1. The summed E-state index contributed by atoms with van der Waals surface area (Å²) in [5, 5.41) is 2.74. The topological polar surface area (TPSA) is 93.5 Å². The largest absolute Gasteiger partial charge is 0.370 e. The molecule has 5 nitrogen and oxygen atoms in total. The minimum atomic E-state index is -0.137. The Balaban J connectivity index is 3.41. The fraction of sp³-hybridized carbons (Fsp3) is 0.778. The summed E-state index contributed by atoms with van der Waals surface area (Å²) in [5.41, 5.74) is 10.2. The number of nitrogens with zero attached hydrogens (tertiary/aromatic N) is 1. The lowest BCUT2D eigenvalue weighted by Gasteiger charge is -2.05. The fourth-order valence-electron chi connectivity index (χ4n) is 0.957. The van der Waals surface area contributed by atoms with Crippen molar-refractivity contribution in [2.24, 2.45) is 22.4 Å². The number of amides is 1. The number of rotatable bonds is 6. The van der Waals surface area contributed by atoms with Crippen molar-refractivity contribution in [3.63, 3.8) is 0 Å². The number of hydrogen-bond donors (Lipinski definition) is 3. The van der Waals surface area contributed by atoms with Gasteiger partial charge in [0.1, 0.15) is 6.54 Å². The molecule has 0 bridgehead atoms. The molecule has 0 saturated heterocycles. The summed E-state index contributed by atoms with van der Waals surface area (Å²) < 4.78 is 0. The van der Waals surface area contributed by atoms with Crippen molar-refractivity contribution in [1.82, 2.24) is 5.32 Å². The van der Waals surface area contributed by atoms with Gasteiger partial charge in [-0.2, -0.15) is 0 Å². The van der Waals surface area contributed by atoms with E-state index in [9.17, 15) is 4.79 Å². The van der Waals surface area contributed by atoms with Gasteiger partial charge in [0.2, 0.25) is 5.91 Å². The molecule has 5 heteroatoms. The summed E-state index contributed by atoms with van der Waals surface area (Å²) >= 11 is 0. The summed E-state index contributed by atoms with van der Waals surface area (Å²) in [4.78, 5) is 14.7. The Kier molecular flexibility index (Phi) is 6.53. The molecule has 0 aromatic carbocycles. The van der Waals surface area contributed by atoms with E-state index in [1.165, 1.54) is 0 Å². The van der Waals surface area contributed by atoms with Gasteiger partial charge in [-0.15, -0.1) is 0 Å². The lowest BCUT2D eigenvalue weighted by Crippen LogP contribution is -2.30. The van der Waals surface area contributed by atoms with Gasteiger partial charge < -0.3 is 16.8 Å². The molecule has 0 saturated carbocycles. The lowest BCUT2D eigenvalue weighted by molar-refractivity contribution is -0.119. The van der Waals surface area contributed by atoms with E-state index in [0.717, 1.165) is 12.8 Å². The van der Waals surface area contributed by atoms with Gasteiger partial charge in [-0.25, -0.2) is 4.99 Å². The first kappa shape index (κ1) is 12.7. The normalized spacial score (nSPS) is 9.93. The van der Waals surface area contributed by atoms with Crippen molar-refractivity contribution < 1.29 is 4.79 Å². The number of guanidine groups is 1. The van der Waals surface area contributed by atoms with Crippen LogP contribution in [0.5, 0.6) is 0 Å². The van der Waals surface area contributed by atoms with Gasteiger partial charge in [-0.05, 0) is 18.8 Å². The minimum absolute atomic E-state index is 0.0179. The van der Waals surface area contributed by atoms with Crippen LogP contribution >= 0.6 is 0 Å². The Morgan fingerprint density at radius 3 is 2.57 bits per heavy atom. The molecule has 0 aromatic heterocycles. The zero-order valence-corrected chi connectivity index (χ0v) is 8.92. The summed E-state index contributed by atoms with van der Waals surface area (Å²) in [6.45, 7) is 5.02. The lowest BCUT2D eigenvalue weighted by atomic mass is 10.1. The summed E-state index contributed by atoms with van der Waals surface area (Å²) in [7, 11) is 0. The monoisotopic (exact) mass is 200 g/mol. The first-order chi connectivity index (χ1) is 6.52. The van der Waals surface area contributed by atoms with Crippen molar-refractivity contribution in [3.05, 3.63) is 0 Å². The molecule has 0 radical (unpaired) electrons. The molecule has 14 heavy (non-hydrogen) atoms. The average molecular weight is 200 g/mol. The third kappa shape index (κ3) is 8.83. The first-order valence-corrected chi connectivity index (χ1v) is 4.84. The quantitative estimate of drug-likeness (QED) is 0.315. The van der Waals surface area contributed by atoms with Crippen molar-refractivity contribution in [1.29, 1.82) is 0 Å². The molecular formula is C9H20N4O. The molecule has 0 fully saturated rings. The van der Waals surface area contributed by atoms with E-state index < -0.39 is 0 Å². The molecule has 0 unspecified atom stereocenters. The van der Waals surface area contributed by atoms with Gasteiger partial charge in [0.15, 0.2) is 5.96 Å².